The summed E-state index contributed by atoms with van der Waals surface area (Å²) in [6.45, 7) is 4.79. The summed E-state index contributed by atoms with van der Waals surface area (Å²) < 4.78 is 7.27. The number of carbonyl (C=O) groups excluding carboxylic acids is 1. The second kappa shape index (κ2) is 7.39. The van der Waals surface area contributed by atoms with Crippen LogP contribution in [0.5, 0.6) is 0 Å². The van der Waals surface area contributed by atoms with Gasteiger partial charge < -0.3 is 9.84 Å². The van der Waals surface area contributed by atoms with Gasteiger partial charge in [0.15, 0.2) is 0 Å². The first-order valence-electron chi connectivity index (χ1n) is 9.48. The van der Waals surface area contributed by atoms with E-state index in [4.69, 9.17) is 4.52 Å². The molecule has 0 saturated carbocycles. The Morgan fingerprint density at radius 3 is 2.89 bits per heavy atom. The number of rotatable bonds is 5. The molecule has 6 heteroatoms. The van der Waals surface area contributed by atoms with Gasteiger partial charge in [0.1, 0.15) is 0 Å². The molecule has 0 aliphatic heterocycles. The van der Waals surface area contributed by atoms with Gasteiger partial charge in [-0.2, -0.15) is 5.10 Å². The Morgan fingerprint density at radius 1 is 1.33 bits per heavy atom. The zero-order valence-corrected chi connectivity index (χ0v) is 15.7. The van der Waals surface area contributed by atoms with Gasteiger partial charge >= 0.3 is 0 Å². The first-order chi connectivity index (χ1) is 13.1. The smallest absolute Gasteiger partial charge is 0.290 e. The molecule has 0 bridgehead atoms. The van der Waals surface area contributed by atoms with Gasteiger partial charge in [0.05, 0.1) is 24.5 Å². The van der Waals surface area contributed by atoms with Crippen LogP contribution < -0.4 is 5.32 Å². The van der Waals surface area contributed by atoms with Crippen molar-refractivity contribution < 1.29 is 9.32 Å². The van der Waals surface area contributed by atoms with Crippen molar-refractivity contribution in [3.8, 4) is 0 Å². The summed E-state index contributed by atoms with van der Waals surface area (Å²) in [5.74, 6) is 0.276. The van der Waals surface area contributed by atoms with Gasteiger partial charge in [-0.25, -0.2) is 0 Å². The minimum Gasteiger partial charge on any atom is -0.351 e. The third-order valence-electron chi connectivity index (χ3n) is 5.09. The lowest BCUT2D eigenvalue weighted by Crippen LogP contribution is -2.30. The normalized spacial score (nSPS) is 16.3. The molecule has 2 aromatic heterocycles. The van der Waals surface area contributed by atoms with Crippen molar-refractivity contribution in [2.75, 3.05) is 0 Å². The molecule has 1 N–H and O–H groups in total. The molecule has 4 rings (SSSR count). The van der Waals surface area contributed by atoms with Crippen molar-refractivity contribution in [2.45, 2.75) is 51.6 Å². The standard InChI is InChI=1S/C21H24N4O2/c1-14(2)18-11-20(27-24-18)21(26)23-17-9-6-10-19-16(17)12-22-25(19)13-15-7-4-3-5-8-15/h3-5,7-8,11-12,14,17H,6,9-10,13H2,1-2H3,(H,23,26). The van der Waals surface area contributed by atoms with E-state index in [-0.39, 0.29) is 23.6 Å². The summed E-state index contributed by atoms with van der Waals surface area (Å²) in [6.07, 6.45) is 4.80. The van der Waals surface area contributed by atoms with E-state index in [2.05, 4.69) is 27.7 Å². The molecule has 1 aliphatic carbocycles. The molecule has 1 amide bonds. The van der Waals surface area contributed by atoms with Crippen LogP contribution in [-0.4, -0.2) is 20.8 Å². The summed E-state index contributed by atoms with van der Waals surface area (Å²) in [6, 6.07) is 12.0. The topological polar surface area (TPSA) is 73.0 Å². The molecule has 1 atom stereocenters. The number of nitrogens with one attached hydrogen (secondary N) is 1. The van der Waals surface area contributed by atoms with E-state index < -0.39 is 0 Å². The van der Waals surface area contributed by atoms with E-state index in [1.807, 2.05) is 42.9 Å². The Balaban J connectivity index is 1.50. The molecule has 0 spiro atoms. The largest absolute Gasteiger partial charge is 0.351 e. The molecule has 0 saturated heterocycles. The van der Waals surface area contributed by atoms with E-state index in [1.165, 1.54) is 11.3 Å². The van der Waals surface area contributed by atoms with Gasteiger partial charge in [0.2, 0.25) is 5.76 Å². The first kappa shape index (κ1) is 17.5. The molecule has 0 radical (unpaired) electrons. The van der Waals surface area contributed by atoms with Gasteiger partial charge in [-0.05, 0) is 30.7 Å². The van der Waals surface area contributed by atoms with Crippen molar-refractivity contribution in [3.05, 3.63) is 70.9 Å². The van der Waals surface area contributed by atoms with E-state index in [0.29, 0.717) is 0 Å². The van der Waals surface area contributed by atoms with E-state index in [0.717, 1.165) is 37.1 Å². The average molecular weight is 364 g/mol. The molecule has 1 unspecified atom stereocenters. The number of fused-ring (bicyclic) bond motifs is 1. The van der Waals surface area contributed by atoms with E-state index in [1.54, 1.807) is 6.07 Å². The molecule has 0 fully saturated rings. The predicted molar refractivity (Wildman–Crippen MR) is 102 cm³/mol. The Bertz CT molecular complexity index is 927. The molecule has 6 nitrogen and oxygen atoms in total. The lowest BCUT2D eigenvalue weighted by Gasteiger charge is -2.23. The molecular weight excluding hydrogens is 340 g/mol. The van der Waals surface area contributed by atoms with Crippen LogP contribution in [0.3, 0.4) is 0 Å². The maximum Gasteiger partial charge on any atom is 0.290 e. The maximum atomic E-state index is 12.6. The number of hydrogen-bond acceptors (Lipinski definition) is 4. The predicted octanol–water partition coefficient (Wildman–Crippen LogP) is 3.85. The van der Waals surface area contributed by atoms with Crippen molar-refractivity contribution >= 4 is 5.91 Å². The van der Waals surface area contributed by atoms with Crippen LogP contribution in [0.15, 0.2) is 47.1 Å². The van der Waals surface area contributed by atoms with Gasteiger partial charge in [0, 0.05) is 17.3 Å². The molecule has 3 aromatic rings. The fraction of sp³-hybridized carbons (Fsp3) is 0.381. The zero-order chi connectivity index (χ0) is 18.8. The fourth-order valence-corrected chi connectivity index (χ4v) is 3.56. The highest BCUT2D eigenvalue weighted by molar-refractivity contribution is 5.91. The number of nitrogens with zero attached hydrogens (tertiary/aromatic N) is 3. The molecule has 27 heavy (non-hydrogen) atoms. The van der Waals surface area contributed by atoms with E-state index >= 15 is 0 Å². The highest BCUT2D eigenvalue weighted by Crippen LogP contribution is 2.30. The Labute approximate surface area is 158 Å². The zero-order valence-electron chi connectivity index (χ0n) is 15.7. The van der Waals surface area contributed by atoms with Crippen molar-refractivity contribution in [1.29, 1.82) is 0 Å². The van der Waals surface area contributed by atoms with Crippen molar-refractivity contribution in [3.63, 3.8) is 0 Å². The van der Waals surface area contributed by atoms with E-state index in [9.17, 15) is 4.79 Å². The minimum atomic E-state index is -0.219. The van der Waals surface area contributed by atoms with Crippen molar-refractivity contribution in [1.82, 2.24) is 20.3 Å². The van der Waals surface area contributed by atoms with Crippen LogP contribution in [0.25, 0.3) is 0 Å². The number of hydrogen-bond donors (Lipinski definition) is 1. The Kier molecular flexibility index (Phi) is 4.79. The van der Waals surface area contributed by atoms with Gasteiger partial charge in [-0.3, -0.25) is 9.48 Å². The quantitative estimate of drug-likeness (QED) is 0.746. The summed E-state index contributed by atoms with van der Waals surface area (Å²) in [4.78, 5) is 12.6. The fourth-order valence-electron chi connectivity index (χ4n) is 3.56. The lowest BCUT2D eigenvalue weighted by atomic mass is 9.92. The van der Waals surface area contributed by atoms with Crippen molar-refractivity contribution in [2.24, 2.45) is 0 Å². The molecule has 1 aromatic carbocycles. The molecule has 1 aliphatic rings. The first-order valence-corrected chi connectivity index (χ1v) is 9.48. The Morgan fingerprint density at radius 2 is 2.15 bits per heavy atom. The average Bonchev–Trinajstić information content (AvgIpc) is 3.31. The van der Waals surface area contributed by atoms with Crippen LogP contribution in [0, 0.1) is 0 Å². The van der Waals surface area contributed by atoms with Gasteiger partial charge in [0.25, 0.3) is 5.91 Å². The SMILES string of the molecule is CC(C)c1cc(C(=O)NC2CCCc3c2cnn3Cc2ccccc2)on1. The summed E-state index contributed by atoms with van der Waals surface area (Å²) in [7, 11) is 0. The minimum absolute atomic E-state index is 0.0432. The van der Waals surface area contributed by atoms with Gasteiger partial charge in [-0.15, -0.1) is 0 Å². The van der Waals surface area contributed by atoms with Crippen LogP contribution in [-0.2, 0) is 13.0 Å². The summed E-state index contributed by atoms with van der Waals surface area (Å²) >= 11 is 0. The third kappa shape index (κ3) is 3.65. The van der Waals surface area contributed by atoms with Crippen LogP contribution in [0.4, 0.5) is 0 Å². The summed E-state index contributed by atoms with van der Waals surface area (Å²) in [5, 5.41) is 11.6. The molecule has 2 heterocycles. The Hall–Kier alpha value is -2.89. The maximum absolute atomic E-state index is 12.6. The number of benzene rings is 1. The highest BCUT2D eigenvalue weighted by atomic mass is 16.5. The second-order valence-electron chi connectivity index (χ2n) is 7.38. The lowest BCUT2D eigenvalue weighted by molar-refractivity contribution is 0.0895. The monoisotopic (exact) mass is 364 g/mol. The van der Waals surface area contributed by atoms with Gasteiger partial charge in [-0.1, -0.05) is 49.3 Å². The number of amides is 1. The number of aromatic nitrogens is 3. The molecular formula is C21H24N4O2. The molecule has 140 valence electrons. The third-order valence-corrected chi connectivity index (χ3v) is 5.09. The highest BCUT2D eigenvalue weighted by Gasteiger charge is 2.27. The summed E-state index contributed by atoms with van der Waals surface area (Å²) in [5.41, 5.74) is 4.32. The van der Waals surface area contributed by atoms with Crippen LogP contribution in [0.1, 0.15) is 71.7 Å². The van der Waals surface area contributed by atoms with Crippen LogP contribution >= 0.6 is 0 Å². The number of carbonyl (C=O) groups is 1. The van der Waals surface area contributed by atoms with Crippen LogP contribution in [0.2, 0.25) is 0 Å². The second-order valence-corrected chi connectivity index (χ2v) is 7.38.